The van der Waals surface area contributed by atoms with Gasteiger partial charge in [-0.15, -0.1) is 6.58 Å². The minimum absolute atomic E-state index is 0.0950. The maximum absolute atomic E-state index is 12.9. The van der Waals surface area contributed by atoms with E-state index in [1.165, 1.54) is 11.8 Å². The molecule has 1 saturated heterocycles. The summed E-state index contributed by atoms with van der Waals surface area (Å²) >= 11 is 1.33. The zero-order valence-corrected chi connectivity index (χ0v) is 17.8. The van der Waals surface area contributed by atoms with Crippen molar-refractivity contribution in [1.82, 2.24) is 4.90 Å². The molecule has 1 atom stereocenters. The van der Waals surface area contributed by atoms with Gasteiger partial charge in [0.25, 0.3) is 0 Å². The number of rotatable bonds is 6. The Morgan fingerprint density at radius 2 is 1.90 bits per heavy atom. The van der Waals surface area contributed by atoms with E-state index in [0.29, 0.717) is 11.7 Å². The number of aryl methyl sites for hydroxylation is 3. The molecule has 2 amide bonds. The molecule has 0 spiro atoms. The normalized spacial score (nSPS) is 17.6. The third kappa shape index (κ3) is 4.95. The number of nitrogens with one attached hydrogen (secondary N) is 1. The number of hydrogen-bond donors (Lipinski definition) is 1. The lowest BCUT2D eigenvalue weighted by Crippen LogP contribution is -2.33. The quantitative estimate of drug-likeness (QED) is 0.703. The van der Waals surface area contributed by atoms with E-state index < -0.39 is 5.25 Å². The van der Waals surface area contributed by atoms with E-state index in [9.17, 15) is 9.59 Å². The van der Waals surface area contributed by atoms with Crippen LogP contribution >= 0.6 is 11.8 Å². The lowest BCUT2D eigenvalue weighted by molar-refractivity contribution is -0.127. The summed E-state index contributed by atoms with van der Waals surface area (Å²) in [6.45, 7) is 10.0. The molecule has 29 heavy (non-hydrogen) atoms. The van der Waals surface area contributed by atoms with Crippen LogP contribution in [-0.2, 0) is 9.59 Å². The minimum atomic E-state index is -0.497. The molecule has 0 unspecified atom stereocenters. The number of anilines is 1. The van der Waals surface area contributed by atoms with Gasteiger partial charge in [0.05, 0.1) is 5.69 Å². The van der Waals surface area contributed by atoms with E-state index in [1.807, 2.05) is 63.2 Å². The van der Waals surface area contributed by atoms with Crippen LogP contribution in [0.4, 0.5) is 11.4 Å². The van der Waals surface area contributed by atoms with Crippen LogP contribution in [0.3, 0.4) is 0 Å². The van der Waals surface area contributed by atoms with Crippen LogP contribution in [-0.4, -0.2) is 33.7 Å². The first-order chi connectivity index (χ1) is 13.9. The van der Waals surface area contributed by atoms with Crippen LogP contribution in [0.15, 0.2) is 60.1 Å². The highest BCUT2D eigenvalue weighted by atomic mass is 32.2. The lowest BCUT2D eigenvalue weighted by Gasteiger charge is -2.14. The molecule has 0 bridgehead atoms. The average molecular weight is 408 g/mol. The lowest BCUT2D eigenvalue weighted by atomic mass is 10.1. The summed E-state index contributed by atoms with van der Waals surface area (Å²) < 4.78 is 0. The molecule has 2 aromatic carbocycles. The van der Waals surface area contributed by atoms with Gasteiger partial charge in [0, 0.05) is 18.7 Å². The Balaban J connectivity index is 1.77. The third-order valence-corrected chi connectivity index (χ3v) is 5.85. The number of aliphatic imine (C=N–C) groups is 1. The Morgan fingerprint density at radius 3 is 2.55 bits per heavy atom. The molecule has 1 aliphatic rings. The van der Waals surface area contributed by atoms with E-state index in [1.54, 1.807) is 11.0 Å². The summed E-state index contributed by atoms with van der Waals surface area (Å²) in [7, 11) is 0. The van der Waals surface area contributed by atoms with Crippen molar-refractivity contribution in [2.75, 3.05) is 11.9 Å². The van der Waals surface area contributed by atoms with Crippen LogP contribution in [0.2, 0.25) is 0 Å². The maximum Gasteiger partial charge on any atom is 0.242 e. The Kier molecular flexibility index (Phi) is 6.54. The minimum Gasteiger partial charge on any atom is -0.326 e. The van der Waals surface area contributed by atoms with Gasteiger partial charge in [-0.3, -0.25) is 14.5 Å². The number of hydrogen-bond acceptors (Lipinski definition) is 4. The van der Waals surface area contributed by atoms with Crippen molar-refractivity contribution in [2.24, 2.45) is 4.99 Å². The van der Waals surface area contributed by atoms with Gasteiger partial charge in [-0.1, -0.05) is 48.2 Å². The van der Waals surface area contributed by atoms with Gasteiger partial charge in [0.15, 0.2) is 5.17 Å². The molecule has 0 aromatic heterocycles. The molecule has 1 aliphatic heterocycles. The van der Waals surface area contributed by atoms with Crippen molar-refractivity contribution in [3.8, 4) is 0 Å². The highest BCUT2D eigenvalue weighted by Crippen LogP contribution is 2.32. The van der Waals surface area contributed by atoms with E-state index in [-0.39, 0.29) is 18.2 Å². The smallest absolute Gasteiger partial charge is 0.242 e. The molecule has 1 N–H and O–H groups in total. The largest absolute Gasteiger partial charge is 0.326 e. The van der Waals surface area contributed by atoms with Gasteiger partial charge >= 0.3 is 0 Å². The molecule has 2 aromatic rings. The van der Waals surface area contributed by atoms with Crippen molar-refractivity contribution in [2.45, 2.75) is 32.4 Å². The molecule has 5 nitrogen and oxygen atoms in total. The van der Waals surface area contributed by atoms with Crippen molar-refractivity contribution < 1.29 is 9.59 Å². The zero-order valence-electron chi connectivity index (χ0n) is 16.9. The van der Waals surface area contributed by atoms with Crippen LogP contribution < -0.4 is 5.32 Å². The van der Waals surface area contributed by atoms with Crippen molar-refractivity contribution in [3.05, 3.63) is 71.8 Å². The molecular weight excluding hydrogens is 382 g/mol. The number of para-hydroxylation sites is 1. The van der Waals surface area contributed by atoms with E-state index >= 15 is 0 Å². The first-order valence-corrected chi connectivity index (χ1v) is 10.4. The summed E-state index contributed by atoms with van der Waals surface area (Å²) in [6, 6.07) is 13.7. The highest BCUT2D eigenvalue weighted by molar-refractivity contribution is 8.15. The summed E-state index contributed by atoms with van der Waals surface area (Å²) in [5, 5.41) is 3.07. The summed E-state index contributed by atoms with van der Waals surface area (Å²) in [6.07, 6.45) is 1.76. The van der Waals surface area contributed by atoms with E-state index in [4.69, 9.17) is 0 Å². The predicted molar refractivity (Wildman–Crippen MR) is 121 cm³/mol. The fourth-order valence-electron chi connectivity index (χ4n) is 3.20. The van der Waals surface area contributed by atoms with Gasteiger partial charge in [0.2, 0.25) is 11.8 Å². The van der Waals surface area contributed by atoms with Gasteiger partial charge in [0.1, 0.15) is 5.25 Å². The topological polar surface area (TPSA) is 61.8 Å². The predicted octanol–water partition coefficient (Wildman–Crippen LogP) is 4.76. The Bertz CT molecular complexity index is 964. The highest BCUT2D eigenvalue weighted by Gasteiger charge is 2.38. The van der Waals surface area contributed by atoms with Crippen molar-refractivity contribution in [3.63, 3.8) is 0 Å². The fraction of sp³-hybridized carbons (Fsp3) is 0.261. The zero-order chi connectivity index (χ0) is 21.0. The third-order valence-electron chi connectivity index (χ3n) is 4.67. The van der Waals surface area contributed by atoms with E-state index in [0.717, 1.165) is 28.1 Å². The maximum atomic E-state index is 12.9. The molecule has 1 heterocycles. The van der Waals surface area contributed by atoms with Gasteiger partial charge < -0.3 is 5.32 Å². The number of nitrogens with zero attached hydrogens (tertiary/aromatic N) is 2. The van der Waals surface area contributed by atoms with Crippen LogP contribution in [0.25, 0.3) is 0 Å². The fourth-order valence-corrected chi connectivity index (χ4v) is 4.37. The summed E-state index contributed by atoms with van der Waals surface area (Å²) in [4.78, 5) is 31.8. The van der Waals surface area contributed by atoms with Gasteiger partial charge in [-0.05, 0) is 49.6 Å². The first-order valence-electron chi connectivity index (χ1n) is 9.49. The van der Waals surface area contributed by atoms with Gasteiger partial charge in [-0.2, -0.15) is 0 Å². The molecule has 0 aliphatic carbocycles. The Labute approximate surface area is 175 Å². The Hall–Kier alpha value is -2.86. The van der Waals surface area contributed by atoms with E-state index in [2.05, 4.69) is 16.9 Å². The number of carbonyl (C=O) groups excluding carboxylic acids is 2. The molecule has 3 rings (SSSR count). The second-order valence-corrected chi connectivity index (χ2v) is 8.27. The number of amides is 2. The second kappa shape index (κ2) is 9.09. The molecule has 150 valence electrons. The monoisotopic (exact) mass is 407 g/mol. The van der Waals surface area contributed by atoms with Crippen LogP contribution in [0.5, 0.6) is 0 Å². The number of thioether (sulfide) groups is 1. The molecule has 6 heteroatoms. The van der Waals surface area contributed by atoms with Crippen molar-refractivity contribution >= 4 is 40.1 Å². The number of benzene rings is 2. The average Bonchev–Trinajstić information content (AvgIpc) is 2.94. The summed E-state index contributed by atoms with van der Waals surface area (Å²) in [5.74, 6) is -0.290. The van der Waals surface area contributed by atoms with Crippen LogP contribution in [0, 0.1) is 20.8 Å². The first kappa shape index (κ1) is 20.9. The number of amidine groups is 1. The van der Waals surface area contributed by atoms with Crippen molar-refractivity contribution in [1.29, 1.82) is 0 Å². The second-order valence-electron chi connectivity index (χ2n) is 7.10. The SMILES string of the molecule is C=CCN1C(=O)[C@H](CC(=O)Nc2c(C)cccc2C)SC1=Nc1cccc(C)c1. The summed E-state index contributed by atoms with van der Waals surface area (Å²) in [5.41, 5.74) is 4.69. The molecular formula is C23H25N3O2S. The molecule has 1 fully saturated rings. The van der Waals surface area contributed by atoms with Crippen LogP contribution in [0.1, 0.15) is 23.1 Å². The molecule has 0 saturated carbocycles. The standard InChI is InChI=1S/C23H25N3O2S/c1-5-12-26-22(28)19(29-23(26)24-18-11-6-8-15(2)13-18)14-20(27)25-21-16(3)9-7-10-17(21)4/h5-11,13,19H,1,12,14H2,2-4H3,(H,25,27)/t19-/m0/s1. The molecule has 0 radical (unpaired) electrons. The Morgan fingerprint density at radius 1 is 1.21 bits per heavy atom. The number of carbonyl (C=O) groups is 2. The van der Waals surface area contributed by atoms with Gasteiger partial charge in [-0.25, -0.2) is 4.99 Å².